The molecule has 0 saturated heterocycles. The molecule has 8 heteroatoms. The Morgan fingerprint density at radius 2 is 1.88 bits per heavy atom. The number of carbonyl (C=O) groups excluding carboxylic acids is 1. The van der Waals surface area contributed by atoms with Crippen molar-refractivity contribution in [3.63, 3.8) is 0 Å². The van der Waals surface area contributed by atoms with E-state index in [2.05, 4.69) is 4.98 Å². The Kier molecular flexibility index (Phi) is 4.71. The van der Waals surface area contributed by atoms with Crippen LogP contribution in [0, 0.1) is 0 Å². The fraction of sp³-hybridized carbons (Fsp3) is 0.176. The Balaban J connectivity index is 1.80. The molecular formula is C17H16N4O3S. The van der Waals surface area contributed by atoms with Crippen molar-refractivity contribution in [2.24, 2.45) is 14.1 Å². The van der Waals surface area contributed by atoms with Crippen molar-refractivity contribution in [3.8, 4) is 0 Å². The molecular weight excluding hydrogens is 340 g/mol. The number of rotatable bonds is 4. The average molecular weight is 356 g/mol. The van der Waals surface area contributed by atoms with Crippen molar-refractivity contribution in [1.29, 1.82) is 0 Å². The summed E-state index contributed by atoms with van der Waals surface area (Å²) in [4.78, 5) is 40.4. The highest BCUT2D eigenvalue weighted by Gasteiger charge is 2.14. The molecule has 0 radical (unpaired) electrons. The van der Waals surface area contributed by atoms with Gasteiger partial charge in [0, 0.05) is 14.1 Å². The molecule has 1 aromatic carbocycles. The molecule has 3 aromatic rings. The maximum atomic E-state index is 12.3. The Morgan fingerprint density at radius 1 is 1.16 bits per heavy atom. The van der Waals surface area contributed by atoms with Gasteiger partial charge in [0.1, 0.15) is 0 Å². The predicted octanol–water partition coefficient (Wildman–Crippen LogP) is 1.36. The lowest BCUT2D eigenvalue weighted by Gasteiger charge is -2.05. The van der Waals surface area contributed by atoms with Gasteiger partial charge in [-0.3, -0.25) is 18.7 Å². The van der Waals surface area contributed by atoms with Crippen molar-refractivity contribution in [1.82, 2.24) is 18.7 Å². The lowest BCUT2D eigenvalue weighted by Crippen LogP contribution is -2.37. The second kappa shape index (κ2) is 6.94. The number of thioether (sulfide) groups is 1. The van der Waals surface area contributed by atoms with Crippen LogP contribution in [0.3, 0.4) is 0 Å². The number of imidazole rings is 1. The molecule has 25 heavy (non-hydrogen) atoms. The van der Waals surface area contributed by atoms with E-state index in [-0.39, 0.29) is 11.0 Å². The van der Waals surface area contributed by atoms with Crippen molar-refractivity contribution < 1.29 is 4.79 Å². The van der Waals surface area contributed by atoms with E-state index in [1.807, 2.05) is 30.3 Å². The summed E-state index contributed by atoms with van der Waals surface area (Å²) in [5, 5.41) is -0.132. The SMILES string of the molecule is Cn1c(=O)c2c(ncn2CSC(=O)C=Cc2ccccc2)n(C)c1=O. The zero-order valence-corrected chi connectivity index (χ0v) is 14.6. The van der Waals surface area contributed by atoms with E-state index in [4.69, 9.17) is 0 Å². The average Bonchev–Trinajstić information content (AvgIpc) is 3.06. The number of nitrogens with zero attached hydrogens (tertiary/aromatic N) is 4. The van der Waals surface area contributed by atoms with Gasteiger partial charge in [-0.25, -0.2) is 9.78 Å². The van der Waals surface area contributed by atoms with Crippen molar-refractivity contribution in [2.75, 3.05) is 0 Å². The zero-order chi connectivity index (χ0) is 18.0. The van der Waals surface area contributed by atoms with E-state index in [1.165, 1.54) is 24.0 Å². The van der Waals surface area contributed by atoms with Gasteiger partial charge in [-0.1, -0.05) is 48.2 Å². The topological polar surface area (TPSA) is 78.9 Å². The van der Waals surface area contributed by atoms with E-state index in [0.717, 1.165) is 21.9 Å². The predicted molar refractivity (Wildman–Crippen MR) is 98.3 cm³/mol. The van der Waals surface area contributed by atoms with Gasteiger partial charge in [-0.15, -0.1) is 0 Å². The van der Waals surface area contributed by atoms with Crippen molar-refractivity contribution in [2.45, 2.75) is 5.88 Å². The standard InChI is InChI=1S/C17H16N4O3S/c1-19-15-14(16(23)20(2)17(19)24)21(10-18-15)11-25-13(22)9-8-12-6-4-3-5-7-12/h3-10H,11H2,1-2H3. The van der Waals surface area contributed by atoms with Crippen LogP contribution in [0.4, 0.5) is 0 Å². The molecule has 2 aromatic heterocycles. The summed E-state index contributed by atoms with van der Waals surface area (Å²) < 4.78 is 3.92. The van der Waals surface area contributed by atoms with Crippen molar-refractivity contribution in [3.05, 3.63) is 69.1 Å². The summed E-state index contributed by atoms with van der Waals surface area (Å²) >= 11 is 1.05. The first-order valence-corrected chi connectivity index (χ1v) is 8.48. The van der Waals surface area contributed by atoms with Crippen LogP contribution in [0.25, 0.3) is 17.2 Å². The Morgan fingerprint density at radius 3 is 2.60 bits per heavy atom. The first-order chi connectivity index (χ1) is 12.0. The molecule has 128 valence electrons. The molecule has 2 heterocycles. The van der Waals surface area contributed by atoms with Gasteiger partial charge in [0.25, 0.3) is 5.56 Å². The van der Waals surface area contributed by atoms with E-state index < -0.39 is 11.2 Å². The highest BCUT2D eigenvalue weighted by atomic mass is 32.2. The number of carbonyl (C=O) groups is 1. The van der Waals surface area contributed by atoms with Crippen LogP contribution < -0.4 is 11.2 Å². The number of aryl methyl sites for hydroxylation is 1. The van der Waals surface area contributed by atoms with E-state index in [1.54, 1.807) is 17.7 Å². The third kappa shape index (κ3) is 3.34. The Bertz CT molecular complexity index is 1080. The van der Waals surface area contributed by atoms with Gasteiger partial charge in [0.15, 0.2) is 11.2 Å². The second-order valence-corrected chi connectivity index (χ2v) is 6.38. The molecule has 7 nitrogen and oxygen atoms in total. The maximum absolute atomic E-state index is 12.3. The molecule has 3 rings (SSSR count). The summed E-state index contributed by atoms with van der Waals surface area (Å²) in [6.07, 6.45) is 4.70. The number of benzene rings is 1. The lowest BCUT2D eigenvalue weighted by atomic mass is 10.2. The van der Waals surface area contributed by atoms with Crippen LogP contribution >= 0.6 is 11.8 Å². The third-order valence-corrected chi connectivity index (χ3v) is 4.60. The van der Waals surface area contributed by atoms with E-state index in [9.17, 15) is 14.4 Å². The minimum Gasteiger partial charge on any atom is -0.314 e. The first kappa shape index (κ1) is 17.0. The number of hydrogen-bond donors (Lipinski definition) is 0. The summed E-state index contributed by atoms with van der Waals surface area (Å²) in [5.74, 6) is 0.238. The molecule has 0 bridgehead atoms. The molecule has 0 aliphatic heterocycles. The van der Waals surface area contributed by atoms with Crippen LogP contribution in [0.5, 0.6) is 0 Å². The van der Waals surface area contributed by atoms with Gasteiger partial charge >= 0.3 is 5.69 Å². The molecule has 0 fully saturated rings. The Hall–Kier alpha value is -2.87. The molecule has 0 amide bonds. The van der Waals surface area contributed by atoms with Crippen LogP contribution in [-0.2, 0) is 24.8 Å². The van der Waals surface area contributed by atoms with Gasteiger partial charge in [-0.05, 0) is 11.6 Å². The fourth-order valence-corrected chi connectivity index (χ4v) is 3.03. The second-order valence-electron chi connectivity index (χ2n) is 5.43. The van der Waals surface area contributed by atoms with E-state index >= 15 is 0 Å². The molecule has 0 N–H and O–H groups in total. The zero-order valence-electron chi connectivity index (χ0n) is 13.7. The van der Waals surface area contributed by atoms with Gasteiger partial charge in [0.2, 0.25) is 5.12 Å². The maximum Gasteiger partial charge on any atom is 0.332 e. The van der Waals surface area contributed by atoms with Gasteiger partial charge < -0.3 is 4.57 Å². The monoisotopic (exact) mass is 356 g/mol. The normalized spacial score (nSPS) is 11.4. The molecule has 0 atom stereocenters. The van der Waals surface area contributed by atoms with Crippen LogP contribution in [0.15, 0.2) is 52.3 Å². The largest absolute Gasteiger partial charge is 0.332 e. The quantitative estimate of drug-likeness (QED) is 0.660. The van der Waals surface area contributed by atoms with Crippen LogP contribution in [0.2, 0.25) is 0 Å². The summed E-state index contributed by atoms with van der Waals surface area (Å²) in [6, 6.07) is 9.51. The summed E-state index contributed by atoms with van der Waals surface area (Å²) in [6.45, 7) is 0. The molecule has 0 aliphatic carbocycles. The number of hydrogen-bond acceptors (Lipinski definition) is 5. The highest BCUT2D eigenvalue weighted by molar-refractivity contribution is 8.13. The minimum absolute atomic E-state index is 0.132. The third-order valence-electron chi connectivity index (χ3n) is 3.77. The molecule has 0 unspecified atom stereocenters. The lowest BCUT2D eigenvalue weighted by molar-refractivity contribution is -0.107. The van der Waals surface area contributed by atoms with Crippen LogP contribution in [0.1, 0.15) is 5.56 Å². The molecule has 0 saturated carbocycles. The smallest absolute Gasteiger partial charge is 0.314 e. The first-order valence-electron chi connectivity index (χ1n) is 7.50. The number of aromatic nitrogens is 4. The molecule has 0 aliphatic rings. The number of fused-ring (bicyclic) bond motifs is 1. The van der Waals surface area contributed by atoms with Gasteiger partial charge in [0.05, 0.1) is 12.2 Å². The van der Waals surface area contributed by atoms with Gasteiger partial charge in [-0.2, -0.15) is 0 Å². The fourth-order valence-electron chi connectivity index (χ4n) is 2.40. The minimum atomic E-state index is -0.433. The highest BCUT2D eigenvalue weighted by Crippen LogP contribution is 2.13. The van der Waals surface area contributed by atoms with Crippen LogP contribution in [-0.4, -0.2) is 23.8 Å². The van der Waals surface area contributed by atoms with E-state index in [0.29, 0.717) is 11.2 Å². The Labute approximate surface area is 147 Å². The summed E-state index contributed by atoms with van der Waals surface area (Å²) in [5.41, 5.74) is 0.687. The van der Waals surface area contributed by atoms with Crippen molar-refractivity contribution >= 4 is 34.1 Å². The summed E-state index contributed by atoms with van der Waals surface area (Å²) in [7, 11) is 2.98. The molecule has 0 spiro atoms.